The summed E-state index contributed by atoms with van der Waals surface area (Å²) in [5.41, 5.74) is 0. The van der Waals surface area contributed by atoms with E-state index < -0.39 is 26.6 Å². The molecule has 1 rings (SSSR count). The van der Waals surface area contributed by atoms with Crippen LogP contribution in [-0.2, 0) is 37.3 Å². The molecular weight excluding hydrogens is 532 g/mol. The second-order valence-corrected chi connectivity index (χ2v) is 13.0. The van der Waals surface area contributed by atoms with E-state index in [0.29, 0.717) is 50.3 Å². The van der Waals surface area contributed by atoms with Crippen molar-refractivity contribution in [3.8, 4) is 0 Å². The molecule has 3 amide bonds. The first-order chi connectivity index (χ1) is 19.4. The van der Waals surface area contributed by atoms with Crippen LogP contribution in [0.1, 0.15) is 130 Å². The second kappa shape index (κ2) is 22.8. The van der Waals surface area contributed by atoms with Gasteiger partial charge in [-0.25, -0.2) is 4.79 Å². The minimum Gasteiger partial charge on any atom is -0.374 e. The van der Waals surface area contributed by atoms with Crippen LogP contribution in [0.4, 0.5) is 0 Å². The van der Waals surface area contributed by atoms with E-state index in [0.717, 1.165) is 38.5 Å². The van der Waals surface area contributed by atoms with Crippen LogP contribution >= 0.6 is 0 Å². The van der Waals surface area contributed by atoms with Gasteiger partial charge in [-0.3, -0.25) is 14.4 Å². The molecule has 40 heavy (non-hydrogen) atoms. The van der Waals surface area contributed by atoms with Crippen LogP contribution in [0.15, 0.2) is 0 Å². The molecule has 0 unspecified atom stereocenters. The van der Waals surface area contributed by atoms with Crippen LogP contribution in [0.2, 0.25) is 6.04 Å². The van der Waals surface area contributed by atoms with Crippen molar-refractivity contribution in [2.24, 2.45) is 0 Å². The highest BCUT2D eigenvalue weighted by molar-refractivity contribution is 6.60. The summed E-state index contributed by atoms with van der Waals surface area (Å²) in [6, 6.07) is 0.715. The quantitative estimate of drug-likeness (QED) is 0.0789. The molecule has 0 aromatic heterocycles. The van der Waals surface area contributed by atoms with Crippen LogP contribution in [0.25, 0.3) is 0 Å². The summed E-state index contributed by atoms with van der Waals surface area (Å²) in [7, 11) is -2.63. The first-order valence-electron chi connectivity index (χ1n) is 15.6. The number of amides is 3. The second-order valence-electron chi connectivity index (χ2n) is 10.2. The highest BCUT2D eigenvalue weighted by Gasteiger charge is 2.39. The summed E-state index contributed by atoms with van der Waals surface area (Å²) in [5, 5.41) is 3.63. The lowest BCUT2D eigenvalue weighted by Gasteiger charge is -2.28. The van der Waals surface area contributed by atoms with Gasteiger partial charge in [0.2, 0.25) is 5.91 Å². The SMILES string of the molecule is CCO[Si](CCCNC(=O)CCCCCCCCCCCCCCC(=O)ON1C(=O)CCC1=O)(OCC)OCC. The van der Waals surface area contributed by atoms with Gasteiger partial charge in [0.25, 0.3) is 11.8 Å². The Bertz CT molecular complexity index is 704. The van der Waals surface area contributed by atoms with E-state index in [1.165, 1.54) is 38.5 Å². The van der Waals surface area contributed by atoms with E-state index in [1.807, 2.05) is 20.8 Å². The highest BCUT2D eigenvalue weighted by atomic mass is 28.4. The highest BCUT2D eigenvalue weighted by Crippen LogP contribution is 2.18. The van der Waals surface area contributed by atoms with Crippen molar-refractivity contribution in [2.45, 2.75) is 136 Å². The Labute approximate surface area is 242 Å². The largest absolute Gasteiger partial charge is 0.500 e. The summed E-state index contributed by atoms with van der Waals surface area (Å²) in [6.07, 6.45) is 15.0. The molecule has 0 atom stereocenters. The van der Waals surface area contributed by atoms with Crippen molar-refractivity contribution < 1.29 is 37.3 Å². The average Bonchev–Trinajstić information content (AvgIpc) is 3.23. The lowest BCUT2D eigenvalue weighted by atomic mass is 10.0. The monoisotopic (exact) mass is 586 g/mol. The summed E-state index contributed by atoms with van der Waals surface area (Å²) >= 11 is 0. The lowest BCUT2D eigenvalue weighted by Crippen LogP contribution is -2.46. The molecule has 0 aromatic carbocycles. The minimum atomic E-state index is -2.63. The zero-order valence-corrected chi connectivity index (χ0v) is 26.3. The molecule has 0 aliphatic carbocycles. The Morgan fingerprint density at radius 2 is 1.10 bits per heavy atom. The third kappa shape index (κ3) is 16.4. The summed E-state index contributed by atoms with van der Waals surface area (Å²) in [5.74, 6) is -1.26. The van der Waals surface area contributed by atoms with Gasteiger partial charge in [0.1, 0.15) is 0 Å². The van der Waals surface area contributed by atoms with Crippen LogP contribution in [-0.4, -0.2) is 63.9 Å². The van der Waals surface area contributed by atoms with E-state index in [2.05, 4.69) is 5.32 Å². The van der Waals surface area contributed by atoms with Crippen molar-refractivity contribution in [1.82, 2.24) is 10.4 Å². The zero-order valence-electron chi connectivity index (χ0n) is 25.3. The van der Waals surface area contributed by atoms with Crippen molar-refractivity contribution in [1.29, 1.82) is 0 Å². The maximum atomic E-state index is 12.1. The summed E-state index contributed by atoms with van der Waals surface area (Å²) < 4.78 is 17.6. The number of hydrogen-bond acceptors (Lipinski definition) is 8. The fraction of sp³-hybridized carbons (Fsp3) is 0.862. The molecule has 0 aromatic rings. The van der Waals surface area contributed by atoms with E-state index >= 15 is 0 Å². The number of nitrogens with zero attached hydrogens (tertiary/aromatic N) is 1. The fourth-order valence-electron chi connectivity index (χ4n) is 4.75. The Morgan fingerprint density at radius 3 is 1.55 bits per heavy atom. The Balaban J connectivity index is 1.89. The molecular formula is C29H54N2O8Si. The molecule has 0 spiro atoms. The van der Waals surface area contributed by atoms with Crippen molar-refractivity contribution in [3.05, 3.63) is 0 Å². The predicted octanol–water partition coefficient (Wildman–Crippen LogP) is 5.61. The molecule has 0 bridgehead atoms. The topological polar surface area (TPSA) is 120 Å². The van der Waals surface area contributed by atoms with Gasteiger partial charge in [-0.2, -0.15) is 0 Å². The number of unbranched alkanes of at least 4 members (excludes halogenated alkanes) is 11. The molecule has 1 aliphatic rings. The number of rotatable bonds is 26. The van der Waals surface area contributed by atoms with Gasteiger partial charge in [0.05, 0.1) is 0 Å². The number of nitrogens with one attached hydrogen (secondary N) is 1. The van der Waals surface area contributed by atoms with Gasteiger partial charge in [-0.15, -0.1) is 5.06 Å². The number of hydrogen-bond donors (Lipinski definition) is 1. The molecule has 1 saturated heterocycles. The van der Waals surface area contributed by atoms with Crippen LogP contribution in [0.3, 0.4) is 0 Å². The van der Waals surface area contributed by atoms with Gasteiger partial charge in [0, 0.05) is 58.1 Å². The Hall–Kier alpha value is -1.82. The average molecular weight is 587 g/mol. The van der Waals surface area contributed by atoms with Gasteiger partial charge in [0.15, 0.2) is 0 Å². The van der Waals surface area contributed by atoms with E-state index in [9.17, 15) is 19.2 Å². The van der Waals surface area contributed by atoms with E-state index in [1.54, 1.807) is 0 Å². The number of hydroxylamine groups is 2. The van der Waals surface area contributed by atoms with Crippen LogP contribution in [0.5, 0.6) is 0 Å². The van der Waals surface area contributed by atoms with Crippen LogP contribution in [0, 0.1) is 0 Å². The third-order valence-corrected chi connectivity index (χ3v) is 9.96. The maximum Gasteiger partial charge on any atom is 0.500 e. The normalized spacial score (nSPS) is 13.7. The number of imide groups is 1. The molecule has 1 fully saturated rings. The summed E-state index contributed by atoms with van der Waals surface area (Å²) in [6.45, 7) is 8.17. The first-order valence-corrected chi connectivity index (χ1v) is 17.6. The minimum absolute atomic E-state index is 0.116. The van der Waals surface area contributed by atoms with Gasteiger partial charge < -0.3 is 23.4 Å². The van der Waals surface area contributed by atoms with Gasteiger partial charge in [-0.1, -0.05) is 64.2 Å². The molecule has 1 heterocycles. The number of carbonyl (C=O) groups is 4. The first kappa shape index (κ1) is 36.2. The molecule has 0 radical (unpaired) electrons. The molecule has 10 nitrogen and oxygen atoms in total. The van der Waals surface area contributed by atoms with Crippen molar-refractivity contribution in [3.63, 3.8) is 0 Å². The van der Waals surface area contributed by atoms with Crippen molar-refractivity contribution >= 4 is 32.5 Å². The third-order valence-electron chi connectivity index (χ3n) is 6.81. The van der Waals surface area contributed by atoms with Gasteiger partial charge in [-0.05, 0) is 40.0 Å². The molecule has 0 saturated carbocycles. The van der Waals surface area contributed by atoms with E-state index in [4.69, 9.17) is 18.1 Å². The smallest absolute Gasteiger partial charge is 0.374 e. The Morgan fingerprint density at radius 1 is 0.675 bits per heavy atom. The maximum absolute atomic E-state index is 12.1. The Kier molecular flexibility index (Phi) is 20.7. The fourth-order valence-corrected chi connectivity index (χ4v) is 7.36. The van der Waals surface area contributed by atoms with E-state index in [-0.39, 0.29) is 25.2 Å². The van der Waals surface area contributed by atoms with Crippen LogP contribution < -0.4 is 5.32 Å². The molecule has 1 aliphatic heterocycles. The predicted molar refractivity (Wildman–Crippen MR) is 155 cm³/mol. The van der Waals surface area contributed by atoms with Crippen molar-refractivity contribution in [2.75, 3.05) is 26.4 Å². The van der Waals surface area contributed by atoms with Gasteiger partial charge >= 0.3 is 14.8 Å². The molecule has 232 valence electrons. The molecule has 1 N–H and O–H groups in total. The number of carbonyl (C=O) groups excluding carboxylic acids is 4. The zero-order chi connectivity index (χ0) is 29.5. The standard InChI is InChI=1S/C29H54N2O8Si/c1-4-36-40(37-5-2,38-6-3)25-19-24-30-26(32)20-17-15-13-11-9-7-8-10-12-14-16-18-21-29(35)39-31-27(33)22-23-28(31)34/h4-25H2,1-3H3,(H,30,32). The summed E-state index contributed by atoms with van der Waals surface area (Å²) in [4.78, 5) is 51.7. The molecule has 11 heteroatoms. The lowest BCUT2D eigenvalue weighted by molar-refractivity contribution is -0.197.